The third kappa shape index (κ3) is 5.84. The van der Waals surface area contributed by atoms with E-state index >= 15 is 0 Å². The van der Waals surface area contributed by atoms with Gasteiger partial charge < -0.3 is 15.0 Å². The van der Waals surface area contributed by atoms with Crippen molar-refractivity contribution in [3.63, 3.8) is 0 Å². The monoisotopic (exact) mass is 416 g/mol. The summed E-state index contributed by atoms with van der Waals surface area (Å²) in [5, 5.41) is 3.14. The van der Waals surface area contributed by atoms with Gasteiger partial charge in [0.2, 0.25) is 5.91 Å². The highest BCUT2D eigenvalue weighted by Crippen LogP contribution is 2.26. The Morgan fingerprint density at radius 3 is 2.56 bits per heavy atom. The Labute approximate surface area is 164 Å². The second-order valence-corrected chi connectivity index (χ2v) is 9.35. The molecule has 1 aliphatic rings. The Balaban J connectivity index is 1.89. The van der Waals surface area contributed by atoms with Crippen molar-refractivity contribution in [2.75, 3.05) is 38.2 Å². The first-order chi connectivity index (χ1) is 12.8. The quantitative estimate of drug-likeness (QED) is 0.731. The first-order valence-corrected chi connectivity index (χ1v) is 11.1. The van der Waals surface area contributed by atoms with E-state index in [4.69, 9.17) is 16.3 Å². The topological polar surface area (TPSA) is 92.8 Å². The van der Waals surface area contributed by atoms with E-state index in [0.29, 0.717) is 42.3 Å². The molecule has 1 heterocycles. The third-order valence-electron chi connectivity index (χ3n) is 4.70. The number of amides is 2. The van der Waals surface area contributed by atoms with Gasteiger partial charge in [0, 0.05) is 36.3 Å². The largest absolute Gasteiger partial charge is 0.496 e. The van der Waals surface area contributed by atoms with Crippen LogP contribution < -0.4 is 10.1 Å². The molecule has 0 aliphatic carbocycles. The van der Waals surface area contributed by atoms with Gasteiger partial charge in [0.05, 0.1) is 18.4 Å². The Hall–Kier alpha value is -1.80. The minimum atomic E-state index is -3.10. The predicted molar refractivity (Wildman–Crippen MR) is 104 cm³/mol. The number of benzene rings is 1. The minimum Gasteiger partial charge on any atom is -0.496 e. The summed E-state index contributed by atoms with van der Waals surface area (Å²) in [7, 11) is -1.60. The average Bonchev–Trinajstić information content (AvgIpc) is 2.67. The van der Waals surface area contributed by atoms with E-state index < -0.39 is 9.84 Å². The molecule has 1 fully saturated rings. The van der Waals surface area contributed by atoms with E-state index in [1.807, 2.05) is 0 Å². The maximum absolute atomic E-state index is 12.7. The van der Waals surface area contributed by atoms with Crippen LogP contribution in [0.25, 0.3) is 0 Å². The lowest BCUT2D eigenvalue weighted by molar-refractivity contribution is -0.126. The maximum atomic E-state index is 12.7. The van der Waals surface area contributed by atoms with Crippen LogP contribution in [0.2, 0.25) is 5.02 Å². The van der Waals surface area contributed by atoms with E-state index in [-0.39, 0.29) is 35.8 Å². The number of carbonyl (C=O) groups is 2. The molecule has 7 nitrogen and oxygen atoms in total. The van der Waals surface area contributed by atoms with Crippen LogP contribution in [-0.2, 0) is 14.6 Å². The Bertz CT molecular complexity index is 789. The zero-order chi connectivity index (χ0) is 20.0. The van der Waals surface area contributed by atoms with Crippen molar-refractivity contribution in [3.05, 3.63) is 28.8 Å². The minimum absolute atomic E-state index is 0.0544. The molecule has 9 heteroatoms. The van der Waals surface area contributed by atoms with E-state index in [1.54, 1.807) is 30.0 Å². The van der Waals surface area contributed by atoms with Gasteiger partial charge in [-0.2, -0.15) is 0 Å². The van der Waals surface area contributed by atoms with Crippen LogP contribution in [0.15, 0.2) is 18.2 Å². The van der Waals surface area contributed by atoms with E-state index in [0.717, 1.165) is 0 Å². The maximum Gasteiger partial charge on any atom is 0.257 e. The molecule has 1 N–H and O–H groups in total. The second kappa shape index (κ2) is 9.41. The number of hydrogen-bond donors (Lipinski definition) is 1. The molecule has 1 aliphatic heterocycles. The first-order valence-electron chi connectivity index (χ1n) is 8.88. The lowest BCUT2D eigenvalue weighted by Gasteiger charge is -2.31. The van der Waals surface area contributed by atoms with Gasteiger partial charge in [0.25, 0.3) is 5.91 Å². The number of halogens is 1. The number of sulfone groups is 1. The van der Waals surface area contributed by atoms with Crippen molar-refractivity contribution in [3.8, 4) is 5.75 Å². The molecular weight excluding hydrogens is 392 g/mol. The van der Waals surface area contributed by atoms with E-state index in [2.05, 4.69) is 5.32 Å². The van der Waals surface area contributed by atoms with Crippen molar-refractivity contribution in [1.29, 1.82) is 0 Å². The Kier molecular flexibility index (Phi) is 7.49. The number of rotatable bonds is 7. The Morgan fingerprint density at radius 2 is 1.96 bits per heavy atom. The molecule has 0 radical (unpaired) electrons. The van der Waals surface area contributed by atoms with Crippen LogP contribution in [0.5, 0.6) is 5.75 Å². The lowest BCUT2D eigenvalue weighted by Crippen LogP contribution is -2.43. The molecular formula is C18H25ClN2O5S. The summed E-state index contributed by atoms with van der Waals surface area (Å²) >= 11 is 5.99. The molecule has 0 unspecified atom stereocenters. The smallest absolute Gasteiger partial charge is 0.257 e. The fraction of sp³-hybridized carbons (Fsp3) is 0.556. The summed E-state index contributed by atoms with van der Waals surface area (Å²) < 4.78 is 28.2. The summed E-state index contributed by atoms with van der Waals surface area (Å²) in [5.41, 5.74) is 0.401. The van der Waals surface area contributed by atoms with Gasteiger partial charge >= 0.3 is 0 Å². The summed E-state index contributed by atoms with van der Waals surface area (Å²) in [6, 6.07) is 4.89. The van der Waals surface area contributed by atoms with E-state index in [1.165, 1.54) is 7.11 Å². The van der Waals surface area contributed by atoms with Crippen molar-refractivity contribution in [2.45, 2.75) is 19.8 Å². The van der Waals surface area contributed by atoms with Gasteiger partial charge in [0.15, 0.2) is 9.84 Å². The van der Waals surface area contributed by atoms with Gasteiger partial charge in [-0.1, -0.05) is 18.5 Å². The fourth-order valence-corrected chi connectivity index (χ4v) is 3.85. The molecule has 0 aromatic heterocycles. The van der Waals surface area contributed by atoms with Gasteiger partial charge in [-0.3, -0.25) is 9.59 Å². The van der Waals surface area contributed by atoms with Crippen molar-refractivity contribution in [1.82, 2.24) is 10.2 Å². The van der Waals surface area contributed by atoms with Gasteiger partial charge in [-0.05, 0) is 31.0 Å². The lowest BCUT2D eigenvalue weighted by atomic mass is 9.95. The number of piperidine rings is 1. The highest BCUT2D eigenvalue weighted by molar-refractivity contribution is 7.91. The normalized spacial score (nSPS) is 15.4. The summed E-state index contributed by atoms with van der Waals surface area (Å²) in [5.74, 6) is -0.0886. The molecule has 0 atom stereocenters. The zero-order valence-electron chi connectivity index (χ0n) is 15.5. The summed E-state index contributed by atoms with van der Waals surface area (Å²) in [6.07, 6.45) is 1.06. The number of hydrogen-bond acceptors (Lipinski definition) is 5. The van der Waals surface area contributed by atoms with Gasteiger partial charge in [0.1, 0.15) is 5.75 Å². The standard InChI is InChI=1S/C18H25ClN2O5S/c1-3-27(24,25)11-8-20-17(22)13-6-9-21(10-7-13)18(23)15-12-14(19)4-5-16(15)26-2/h4-5,12-13H,3,6-11H2,1-2H3,(H,20,22). The second-order valence-electron chi connectivity index (χ2n) is 6.44. The van der Waals surface area contributed by atoms with E-state index in [9.17, 15) is 18.0 Å². The molecule has 2 rings (SSSR count). The molecule has 0 saturated carbocycles. The molecule has 150 valence electrons. The number of methoxy groups -OCH3 is 1. The molecule has 1 saturated heterocycles. The van der Waals surface area contributed by atoms with Gasteiger partial charge in [-0.25, -0.2) is 8.42 Å². The van der Waals surface area contributed by atoms with Crippen molar-refractivity contribution in [2.24, 2.45) is 5.92 Å². The molecule has 0 spiro atoms. The summed E-state index contributed by atoms with van der Waals surface area (Å²) in [6.45, 7) is 2.59. The van der Waals surface area contributed by atoms with Crippen LogP contribution in [0.3, 0.4) is 0 Å². The summed E-state index contributed by atoms with van der Waals surface area (Å²) in [4.78, 5) is 26.6. The molecule has 0 bridgehead atoms. The highest BCUT2D eigenvalue weighted by Gasteiger charge is 2.29. The SMILES string of the molecule is CCS(=O)(=O)CCNC(=O)C1CCN(C(=O)c2cc(Cl)ccc2OC)CC1. The van der Waals surface area contributed by atoms with Crippen molar-refractivity contribution < 1.29 is 22.7 Å². The third-order valence-corrected chi connectivity index (χ3v) is 6.64. The number of carbonyl (C=O) groups excluding carboxylic acids is 2. The molecule has 2 amide bonds. The fourth-order valence-electron chi connectivity index (χ4n) is 2.98. The molecule has 27 heavy (non-hydrogen) atoms. The Morgan fingerprint density at radius 1 is 1.30 bits per heavy atom. The first kappa shape index (κ1) is 21.5. The van der Waals surface area contributed by atoms with Crippen LogP contribution in [-0.4, -0.2) is 63.4 Å². The van der Waals surface area contributed by atoms with Crippen LogP contribution >= 0.6 is 11.6 Å². The highest BCUT2D eigenvalue weighted by atomic mass is 35.5. The average molecular weight is 417 g/mol. The number of likely N-dealkylation sites (tertiary alicyclic amines) is 1. The van der Waals surface area contributed by atoms with Crippen LogP contribution in [0.1, 0.15) is 30.1 Å². The molecule has 1 aromatic carbocycles. The zero-order valence-corrected chi connectivity index (χ0v) is 17.1. The van der Waals surface area contributed by atoms with Crippen molar-refractivity contribution >= 4 is 33.3 Å². The number of nitrogens with one attached hydrogen (secondary N) is 1. The number of ether oxygens (including phenoxy) is 1. The predicted octanol–water partition coefficient (Wildman–Crippen LogP) is 1.75. The van der Waals surface area contributed by atoms with Crippen LogP contribution in [0, 0.1) is 5.92 Å². The number of nitrogens with zero attached hydrogens (tertiary/aromatic N) is 1. The molecule has 1 aromatic rings. The van der Waals surface area contributed by atoms with Gasteiger partial charge in [-0.15, -0.1) is 0 Å². The van der Waals surface area contributed by atoms with Crippen LogP contribution in [0.4, 0.5) is 0 Å².